The normalized spacial score (nSPS) is 18.1. The Morgan fingerprint density at radius 2 is 2.00 bits per heavy atom. The summed E-state index contributed by atoms with van der Waals surface area (Å²) in [5.74, 6) is -0.954. The SMILES string of the molecule is CCOC(=O)C1=CC(=S(=O)=O)C(CC)C(OCCOC)=C1Cl. The highest BCUT2D eigenvalue weighted by Gasteiger charge is 2.33. The van der Waals surface area contributed by atoms with Gasteiger partial charge in [-0.1, -0.05) is 18.5 Å². The van der Waals surface area contributed by atoms with E-state index in [1.807, 2.05) is 6.92 Å². The van der Waals surface area contributed by atoms with Crippen LogP contribution >= 0.6 is 11.6 Å². The van der Waals surface area contributed by atoms with Crippen LogP contribution in [0.3, 0.4) is 0 Å². The number of ether oxygens (including phenoxy) is 3. The second-order valence-electron chi connectivity index (χ2n) is 4.40. The quantitative estimate of drug-likeness (QED) is 0.395. The highest BCUT2D eigenvalue weighted by Crippen LogP contribution is 2.34. The van der Waals surface area contributed by atoms with Gasteiger partial charge in [0.25, 0.3) is 0 Å². The number of esters is 1. The predicted octanol–water partition coefficient (Wildman–Crippen LogP) is 1.68. The molecule has 0 aromatic carbocycles. The van der Waals surface area contributed by atoms with Crippen LogP contribution in [0.5, 0.6) is 0 Å². The first-order chi connectivity index (χ1) is 10.5. The zero-order valence-corrected chi connectivity index (χ0v) is 14.3. The minimum absolute atomic E-state index is 0.0140. The van der Waals surface area contributed by atoms with Gasteiger partial charge in [-0.2, -0.15) is 8.42 Å². The minimum Gasteiger partial charge on any atom is -0.493 e. The van der Waals surface area contributed by atoms with E-state index in [1.54, 1.807) is 6.92 Å². The van der Waals surface area contributed by atoms with Crippen LogP contribution in [-0.4, -0.2) is 46.2 Å². The topological polar surface area (TPSA) is 78.9 Å². The van der Waals surface area contributed by atoms with Gasteiger partial charge < -0.3 is 14.2 Å². The Hall–Kier alpha value is -1.31. The van der Waals surface area contributed by atoms with Crippen LogP contribution in [0.25, 0.3) is 0 Å². The summed E-state index contributed by atoms with van der Waals surface area (Å²) in [6.07, 6.45) is 1.72. The molecule has 6 nitrogen and oxygen atoms in total. The fourth-order valence-electron chi connectivity index (χ4n) is 2.03. The molecule has 1 unspecified atom stereocenters. The Bertz CT molecular complexity index is 609. The maximum absolute atomic E-state index is 11.9. The minimum atomic E-state index is -2.49. The van der Waals surface area contributed by atoms with Crippen molar-refractivity contribution >= 4 is 32.7 Å². The lowest BCUT2D eigenvalue weighted by molar-refractivity contribution is -0.138. The molecule has 1 rings (SSSR count). The van der Waals surface area contributed by atoms with Gasteiger partial charge in [0.2, 0.25) is 10.3 Å². The molecule has 0 N–H and O–H groups in total. The van der Waals surface area contributed by atoms with E-state index in [2.05, 4.69) is 0 Å². The summed E-state index contributed by atoms with van der Waals surface area (Å²) >= 11 is 6.23. The molecule has 0 heterocycles. The molecule has 0 radical (unpaired) electrons. The molecule has 0 aliphatic heterocycles. The van der Waals surface area contributed by atoms with Gasteiger partial charge >= 0.3 is 5.97 Å². The van der Waals surface area contributed by atoms with Crippen LogP contribution in [0, 0.1) is 5.92 Å². The zero-order chi connectivity index (χ0) is 16.7. The van der Waals surface area contributed by atoms with Gasteiger partial charge in [-0.3, -0.25) is 0 Å². The standard InChI is InChI=1S/C14H19ClO6S/c1-4-9-11(22(17)18)8-10(14(16)20-5-2)12(15)13(9)21-7-6-19-3/h8-9H,4-7H2,1-3H3. The lowest BCUT2D eigenvalue weighted by Gasteiger charge is -2.25. The molecule has 0 spiro atoms. The molecule has 0 bridgehead atoms. The lowest BCUT2D eigenvalue weighted by Crippen LogP contribution is -2.26. The average molecular weight is 351 g/mol. The van der Waals surface area contributed by atoms with E-state index in [-0.39, 0.29) is 34.4 Å². The average Bonchev–Trinajstić information content (AvgIpc) is 2.48. The van der Waals surface area contributed by atoms with Crippen molar-refractivity contribution in [2.24, 2.45) is 5.92 Å². The first-order valence-electron chi connectivity index (χ1n) is 6.84. The van der Waals surface area contributed by atoms with Gasteiger partial charge in [0.15, 0.2) is 0 Å². The molecule has 8 heteroatoms. The fourth-order valence-corrected chi connectivity index (χ4v) is 3.07. The van der Waals surface area contributed by atoms with Gasteiger partial charge in [-0.15, -0.1) is 0 Å². The first kappa shape index (κ1) is 18.7. The monoisotopic (exact) mass is 350 g/mol. The molecule has 1 aliphatic rings. The lowest BCUT2D eigenvalue weighted by atomic mass is 9.92. The summed E-state index contributed by atoms with van der Waals surface area (Å²) in [4.78, 5) is 12.0. The molecule has 0 aromatic rings. The third-order valence-electron chi connectivity index (χ3n) is 3.04. The van der Waals surface area contributed by atoms with Crippen LogP contribution in [0.15, 0.2) is 22.4 Å². The summed E-state index contributed by atoms with van der Waals surface area (Å²) in [7, 11) is -0.968. The Labute approximate surface area is 136 Å². The van der Waals surface area contributed by atoms with Gasteiger partial charge in [0.05, 0.1) is 34.6 Å². The Morgan fingerprint density at radius 3 is 2.50 bits per heavy atom. The molecule has 0 aromatic heterocycles. The van der Waals surface area contributed by atoms with E-state index in [0.717, 1.165) is 0 Å². The van der Waals surface area contributed by atoms with Gasteiger partial charge in [-0.05, 0) is 19.4 Å². The number of allylic oxidation sites excluding steroid dienone is 2. The van der Waals surface area contributed by atoms with E-state index in [0.29, 0.717) is 13.0 Å². The Balaban J connectivity index is 3.31. The summed E-state index contributed by atoms with van der Waals surface area (Å²) in [5, 5.41) is 0.0793. The number of carbonyl (C=O) groups excluding carboxylic acids is 1. The summed E-state index contributed by atoms with van der Waals surface area (Å²) in [5.41, 5.74) is -0.0140. The van der Waals surface area contributed by atoms with E-state index in [4.69, 9.17) is 25.8 Å². The molecule has 1 aliphatic carbocycles. The summed E-state index contributed by atoms with van der Waals surface area (Å²) in [6, 6.07) is 0. The van der Waals surface area contributed by atoms with Gasteiger partial charge in [0, 0.05) is 7.11 Å². The van der Waals surface area contributed by atoms with Crippen molar-refractivity contribution in [2.45, 2.75) is 20.3 Å². The molecule has 0 saturated carbocycles. The second kappa shape index (κ2) is 8.97. The van der Waals surface area contributed by atoms with Crippen LogP contribution in [0.4, 0.5) is 0 Å². The Kier molecular flexibility index (Phi) is 7.64. The maximum atomic E-state index is 11.9. The first-order valence-corrected chi connectivity index (χ1v) is 8.29. The van der Waals surface area contributed by atoms with Crippen LogP contribution in [0.1, 0.15) is 20.3 Å². The van der Waals surface area contributed by atoms with Gasteiger partial charge in [-0.25, -0.2) is 4.79 Å². The largest absolute Gasteiger partial charge is 0.493 e. The summed E-state index contributed by atoms with van der Waals surface area (Å²) in [6.45, 7) is 4.14. The van der Waals surface area contributed by atoms with E-state index >= 15 is 0 Å². The van der Waals surface area contributed by atoms with Crippen LogP contribution < -0.4 is 0 Å². The smallest absolute Gasteiger partial charge is 0.339 e. The highest BCUT2D eigenvalue weighted by atomic mass is 35.5. The maximum Gasteiger partial charge on any atom is 0.339 e. The number of hydrogen-bond donors (Lipinski definition) is 0. The number of carbonyl (C=O) groups is 1. The van der Waals surface area contributed by atoms with E-state index in [9.17, 15) is 13.2 Å². The molecular formula is C14H19ClO6S. The van der Waals surface area contributed by atoms with Crippen molar-refractivity contribution in [2.75, 3.05) is 26.9 Å². The number of hydrogen-bond acceptors (Lipinski definition) is 6. The van der Waals surface area contributed by atoms with Crippen molar-refractivity contribution < 1.29 is 27.4 Å². The van der Waals surface area contributed by atoms with Crippen molar-refractivity contribution in [3.05, 3.63) is 22.4 Å². The number of methoxy groups -OCH3 is 1. The van der Waals surface area contributed by atoms with Crippen LogP contribution in [0.2, 0.25) is 0 Å². The molecular weight excluding hydrogens is 332 g/mol. The summed E-state index contributed by atoms with van der Waals surface area (Å²) < 4.78 is 38.3. The fraction of sp³-hybridized carbons (Fsp3) is 0.571. The van der Waals surface area contributed by atoms with Crippen molar-refractivity contribution in [1.82, 2.24) is 0 Å². The van der Waals surface area contributed by atoms with E-state index in [1.165, 1.54) is 13.2 Å². The van der Waals surface area contributed by atoms with Crippen molar-refractivity contribution in [3.8, 4) is 0 Å². The van der Waals surface area contributed by atoms with Crippen LogP contribution in [-0.2, 0) is 29.3 Å². The Morgan fingerprint density at radius 1 is 1.32 bits per heavy atom. The predicted molar refractivity (Wildman–Crippen MR) is 83.1 cm³/mol. The highest BCUT2D eigenvalue weighted by molar-refractivity contribution is 7.73. The molecule has 1 atom stereocenters. The third kappa shape index (κ3) is 4.34. The molecule has 0 saturated heterocycles. The molecule has 22 heavy (non-hydrogen) atoms. The second-order valence-corrected chi connectivity index (χ2v) is 5.71. The van der Waals surface area contributed by atoms with E-state index < -0.39 is 22.2 Å². The number of halogens is 1. The van der Waals surface area contributed by atoms with Crippen molar-refractivity contribution in [3.63, 3.8) is 0 Å². The van der Waals surface area contributed by atoms with Crippen molar-refractivity contribution in [1.29, 1.82) is 0 Å². The third-order valence-corrected chi connectivity index (χ3v) is 4.22. The zero-order valence-electron chi connectivity index (χ0n) is 12.7. The van der Waals surface area contributed by atoms with Gasteiger partial charge in [0.1, 0.15) is 12.4 Å². The number of rotatable bonds is 7. The molecule has 124 valence electrons. The molecule has 0 fully saturated rings. The molecule has 0 amide bonds.